The molecule has 2 amide bonds. The second-order valence-electron chi connectivity index (χ2n) is 6.70. The second kappa shape index (κ2) is 9.48. The molecule has 1 heterocycles. The number of para-hydroxylation sites is 1. The van der Waals surface area contributed by atoms with Crippen LogP contribution in [0.15, 0.2) is 60.8 Å². The minimum atomic E-state index is -0.672. The van der Waals surface area contributed by atoms with Gasteiger partial charge in [0, 0.05) is 35.7 Å². The molecule has 0 aliphatic carbocycles. The minimum Gasteiger partial charge on any atom is -0.365 e. The lowest BCUT2D eigenvalue weighted by molar-refractivity contribution is 0.0997. The molecule has 0 saturated heterocycles. The van der Waals surface area contributed by atoms with Gasteiger partial charge in [0.25, 0.3) is 11.8 Å². The zero-order chi connectivity index (χ0) is 21.5. The van der Waals surface area contributed by atoms with Crippen molar-refractivity contribution in [3.05, 3.63) is 71.9 Å². The number of carbonyl (C=O) groups excluding carboxylic acids is 2. The van der Waals surface area contributed by atoms with Gasteiger partial charge in [0.1, 0.15) is 11.4 Å². The van der Waals surface area contributed by atoms with E-state index in [1.807, 2.05) is 25.1 Å². The summed E-state index contributed by atoms with van der Waals surface area (Å²) in [6.45, 7) is 2.31. The number of nitrogens with one attached hydrogen (secondary N) is 3. The molecule has 0 aliphatic rings. The zero-order valence-electron chi connectivity index (χ0n) is 16.4. The Morgan fingerprint density at radius 1 is 1.07 bits per heavy atom. The lowest BCUT2D eigenvalue weighted by Gasteiger charge is -2.13. The fourth-order valence-electron chi connectivity index (χ4n) is 2.59. The van der Waals surface area contributed by atoms with E-state index in [2.05, 4.69) is 25.9 Å². The van der Waals surface area contributed by atoms with Gasteiger partial charge in [0.15, 0.2) is 0 Å². The van der Waals surface area contributed by atoms with Gasteiger partial charge in [-0.15, -0.1) is 0 Å². The van der Waals surface area contributed by atoms with E-state index in [0.29, 0.717) is 29.4 Å². The lowest BCUT2D eigenvalue weighted by Crippen LogP contribution is -2.26. The quantitative estimate of drug-likeness (QED) is 0.386. The summed E-state index contributed by atoms with van der Waals surface area (Å²) in [7, 11) is 0. The van der Waals surface area contributed by atoms with Crippen molar-refractivity contribution in [3.63, 3.8) is 0 Å². The lowest BCUT2D eigenvalue weighted by atomic mass is 10.1. The van der Waals surface area contributed by atoms with Gasteiger partial charge in [-0.2, -0.15) is 4.98 Å². The molecule has 1 unspecified atom stereocenters. The number of nitrogens with zero attached hydrogens (tertiary/aromatic N) is 2. The highest BCUT2D eigenvalue weighted by molar-refractivity contribution is 6.05. The highest BCUT2D eigenvalue weighted by Crippen LogP contribution is 2.21. The van der Waals surface area contributed by atoms with Crippen LogP contribution in [0.25, 0.3) is 0 Å². The smallest absolute Gasteiger partial charge is 0.255 e. The number of rotatable bonds is 8. The van der Waals surface area contributed by atoms with Crippen molar-refractivity contribution in [2.45, 2.75) is 13.0 Å². The van der Waals surface area contributed by atoms with Crippen molar-refractivity contribution in [1.82, 2.24) is 9.97 Å². The first-order chi connectivity index (χ1) is 14.4. The van der Waals surface area contributed by atoms with Crippen LogP contribution in [0.1, 0.15) is 27.6 Å². The summed E-state index contributed by atoms with van der Waals surface area (Å²) in [5.74, 6) is -0.403. The van der Waals surface area contributed by atoms with Crippen LogP contribution in [0.5, 0.6) is 0 Å². The molecule has 154 valence electrons. The number of primary amides is 1. The van der Waals surface area contributed by atoms with Gasteiger partial charge in [-0.25, -0.2) is 4.98 Å². The van der Waals surface area contributed by atoms with E-state index in [4.69, 9.17) is 11.5 Å². The average molecular weight is 405 g/mol. The summed E-state index contributed by atoms with van der Waals surface area (Å²) >= 11 is 0. The van der Waals surface area contributed by atoms with Crippen LogP contribution in [-0.4, -0.2) is 34.4 Å². The summed E-state index contributed by atoms with van der Waals surface area (Å²) in [5.41, 5.74) is 13.0. The van der Waals surface area contributed by atoms with Gasteiger partial charge in [-0.1, -0.05) is 24.3 Å². The van der Waals surface area contributed by atoms with E-state index in [1.165, 1.54) is 6.20 Å². The third kappa shape index (κ3) is 5.52. The van der Waals surface area contributed by atoms with E-state index in [-0.39, 0.29) is 23.3 Å². The average Bonchev–Trinajstić information content (AvgIpc) is 2.73. The Morgan fingerprint density at radius 3 is 2.50 bits per heavy atom. The van der Waals surface area contributed by atoms with Crippen molar-refractivity contribution in [2.24, 2.45) is 11.5 Å². The third-order valence-corrected chi connectivity index (χ3v) is 4.06. The van der Waals surface area contributed by atoms with Gasteiger partial charge in [-0.3, -0.25) is 9.59 Å². The fourth-order valence-corrected chi connectivity index (χ4v) is 2.59. The molecule has 0 fully saturated rings. The molecular formula is C21H23N7O2. The molecule has 0 bridgehead atoms. The minimum absolute atomic E-state index is 0.0966. The van der Waals surface area contributed by atoms with Crippen LogP contribution in [0, 0.1) is 0 Å². The first kappa shape index (κ1) is 20.7. The molecule has 3 rings (SSSR count). The van der Waals surface area contributed by atoms with Crippen LogP contribution in [-0.2, 0) is 0 Å². The number of hydrogen-bond acceptors (Lipinski definition) is 7. The first-order valence-electron chi connectivity index (χ1n) is 9.32. The topological polar surface area (TPSA) is 148 Å². The SMILES string of the molecule is CC(N)CNc1ncc(C(N)=O)c(Nc2cccc(C(=O)Nc3ccccc3)c2)n1. The standard InChI is InChI=1S/C21H23N7O2/c1-13(22)11-24-21-25-12-17(18(23)29)19(28-21)26-16-9-5-6-14(10-16)20(30)27-15-7-3-2-4-8-15/h2-10,12-13H,11,22H2,1H3,(H2,23,29)(H,27,30)(H2,24,25,26,28). The Bertz CT molecular complexity index is 1040. The Morgan fingerprint density at radius 2 is 1.80 bits per heavy atom. The Labute approximate surface area is 173 Å². The molecule has 0 saturated carbocycles. The molecule has 30 heavy (non-hydrogen) atoms. The predicted molar refractivity (Wildman–Crippen MR) is 117 cm³/mol. The Kier molecular flexibility index (Phi) is 6.56. The molecule has 2 aromatic carbocycles. The molecule has 1 aromatic heterocycles. The molecule has 7 N–H and O–H groups in total. The highest BCUT2D eigenvalue weighted by Gasteiger charge is 2.14. The number of hydrogen-bond donors (Lipinski definition) is 5. The number of benzene rings is 2. The molecule has 0 spiro atoms. The van der Waals surface area contributed by atoms with Crippen molar-refractivity contribution in [1.29, 1.82) is 0 Å². The number of nitrogens with two attached hydrogens (primary N) is 2. The normalized spacial score (nSPS) is 11.4. The van der Waals surface area contributed by atoms with Gasteiger partial charge < -0.3 is 27.4 Å². The highest BCUT2D eigenvalue weighted by atomic mass is 16.2. The van der Waals surface area contributed by atoms with Crippen LogP contribution >= 0.6 is 0 Å². The molecule has 0 aliphatic heterocycles. The fraction of sp³-hybridized carbons (Fsp3) is 0.143. The van der Waals surface area contributed by atoms with Crippen molar-refractivity contribution in [3.8, 4) is 0 Å². The van der Waals surface area contributed by atoms with E-state index < -0.39 is 5.91 Å². The molecule has 9 heteroatoms. The van der Waals surface area contributed by atoms with Crippen LogP contribution in [0.2, 0.25) is 0 Å². The maximum absolute atomic E-state index is 12.5. The van der Waals surface area contributed by atoms with E-state index in [9.17, 15) is 9.59 Å². The Hall–Kier alpha value is -3.98. The molecule has 0 radical (unpaired) electrons. The molecule has 1 atom stereocenters. The van der Waals surface area contributed by atoms with Crippen LogP contribution < -0.4 is 27.4 Å². The van der Waals surface area contributed by atoms with Gasteiger partial charge in [-0.05, 0) is 37.3 Å². The summed E-state index contributed by atoms with van der Waals surface area (Å²) in [6, 6.07) is 15.9. The van der Waals surface area contributed by atoms with Crippen molar-refractivity contribution in [2.75, 3.05) is 22.5 Å². The second-order valence-corrected chi connectivity index (χ2v) is 6.70. The monoisotopic (exact) mass is 405 g/mol. The summed E-state index contributed by atoms with van der Waals surface area (Å²) < 4.78 is 0. The van der Waals surface area contributed by atoms with Crippen LogP contribution in [0.3, 0.4) is 0 Å². The number of aromatic nitrogens is 2. The van der Waals surface area contributed by atoms with Gasteiger partial charge in [0.2, 0.25) is 5.95 Å². The van der Waals surface area contributed by atoms with E-state index in [1.54, 1.807) is 36.4 Å². The summed E-state index contributed by atoms with van der Waals surface area (Å²) in [4.78, 5) is 32.7. The number of anilines is 4. The molecule has 3 aromatic rings. The van der Waals surface area contributed by atoms with Crippen LogP contribution in [0.4, 0.5) is 23.1 Å². The molecule has 9 nitrogen and oxygen atoms in total. The van der Waals surface area contributed by atoms with Crippen molar-refractivity contribution < 1.29 is 9.59 Å². The zero-order valence-corrected chi connectivity index (χ0v) is 16.4. The molecular weight excluding hydrogens is 382 g/mol. The maximum Gasteiger partial charge on any atom is 0.255 e. The Balaban J connectivity index is 1.81. The van der Waals surface area contributed by atoms with Gasteiger partial charge in [0.05, 0.1) is 0 Å². The number of amides is 2. The summed E-state index contributed by atoms with van der Waals surface area (Å²) in [5, 5.41) is 8.85. The van der Waals surface area contributed by atoms with E-state index >= 15 is 0 Å². The van der Waals surface area contributed by atoms with Gasteiger partial charge >= 0.3 is 0 Å². The first-order valence-corrected chi connectivity index (χ1v) is 9.32. The summed E-state index contributed by atoms with van der Waals surface area (Å²) in [6.07, 6.45) is 1.34. The largest absolute Gasteiger partial charge is 0.365 e. The maximum atomic E-state index is 12.5. The van der Waals surface area contributed by atoms with Crippen molar-refractivity contribution >= 4 is 35.0 Å². The number of carbonyl (C=O) groups is 2. The predicted octanol–water partition coefficient (Wildman–Crippen LogP) is 2.33. The third-order valence-electron chi connectivity index (χ3n) is 4.06. The van der Waals surface area contributed by atoms with E-state index in [0.717, 1.165) is 0 Å².